The van der Waals surface area contributed by atoms with E-state index in [-0.39, 0.29) is 17.4 Å². The van der Waals surface area contributed by atoms with E-state index in [9.17, 15) is 9.18 Å². The van der Waals surface area contributed by atoms with Crippen molar-refractivity contribution in [1.82, 2.24) is 30.1 Å². The highest BCUT2D eigenvalue weighted by Gasteiger charge is 2.26. The molecule has 0 unspecified atom stereocenters. The van der Waals surface area contributed by atoms with Gasteiger partial charge in [0, 0.05) is 24.0 Å². The van der Waals surface area contributed by atoms with E-state index in [0.717, 1.165) is 39.6 Å². The second-order valence-electron chi connectivity index (χ2n) is 9.75. The summed E-state index contributed by atoms with van der Waals surface area (Å²) in [5.74, 6) is 0.425. The van der Waals surface area contributed by atoms with Crippen molar-refractivity contribution >= 4 is 10.9 Å². The fraction of sp³-hybridized carbons (Fsp3) is 0.267. The first-order valence-corrected chi connectivity index (χ1v) is 12.8. The fourth-order valence-electron chi connectivity index (χ4n) is 4.98. The van der Waals surface area contributed by atoms with Gasteiger partial charge in [0.1, 0.15) is 5.82 Å². The number of rotatable bonds is 9. The zero-order chi connectivity index (χ0) is 26.6. The van der Waals surface area contributed by atoms with Crippen molar-refractivity contribution in [1.29, 1.82) is 0 Å². The second kappa shape index (κ2) is 11.1. The van der Waals surface area contributed by atoms with Gasteiger partial charge >= 0.3 is 0 Å². The van der Waals surface area contributed by atoms with Gasteiger partial charge in [-0.1, -0.05) is 61.5 Å². The lowest BCUT2D eigenvalue weighted by Gasteiger charge is -2.30. The molecule has 2 heterocycles. The Morgan fingerprint density at radius 3 is 2.42 bits per heavy atom. The number of nitrogens with zero attached hydrogens (tertiary/aromatic N) is 5. The summed E-state index contributed by atoms with van der Waals surface area (Å²) in [5, 5.41) is 13.7. The Bertz CT molecular complexity index is 1590. The number of tetrazole rings is 1. The maximum Gasteiger partial charge on any atom is 0.252 e. The largest absolute Gasteiger partial charge is 0.321 e. The molecule has 0 bridgehead atoms. The van der Waals surface area contributed by atoms with Crippen LogP contribution in [0.2, 0.25) is 0 Å². The summed E-state index contributed by atoms with van der Waals surface area (Å²) in [5.41, 5.74) is 5.68. The van der Waals surface area contributed by atoms with E-state index >= 15 is 0 Å². The standard InChI is InChI=1S/C30H31FN6O/c1-4-27(29-33-34-35-37(29)18-23-12-14-25(31)15-13-23)36(17-22-8-6-5-7-9-22)19-24-16-26-20(2)10-11-21(3)28(26)32-30(24)38/h5-16,27H,4,17-19H2,1-3H3,(H,32,38)/t27-/m1/s1. The van der Waals surface area contributed by atoms with E-state index in [2.05, 4.69) is 57.5 Å². The molecule has 5 rings (SSSR count). The van der Waals surface area contributed by atoms with Crippen LogP contribution in [0.4, 0.5) is 4.39 Å². The zero-order valence-electron chi connectivity index (χ0n) is 21.9. The van der Waals surface area contributed by atoms with Crippen LogP contribution in [0.15, 0.2) is 77.6 Å². The number of H-pyrrole nitrogens is 1. The summed E-state index contributed by atoms with van der Waals surface area (Å²) in [6.45, 7) is 7.63. The van der Waals surface area contributed by atoms with Crippen molar-refractivity contribution in [3.05, 3.63) is 123 Å². The number of benzene rings is 3. The minimum atomic E-state index is -0.280. The number of nitrogens with one attached hydrogen (secondary N) is 1. The lowest BCUT2D eigenvalue weighted by atomic mass is 10.0. The van der Waals surface area contributed by atoms with Crippen LogP contribution >= 0.6 is 0 Å². The van der Waals surface area contributed by atoms with Crippen molar-refractivity contribution in [2.24, 2.45) is 0 Å². The van der Waals surface area contributed by atoms with Crippen LogP contribution in [0.1, 0.15) is 53.0 Å². The van der Waals surface area contributed by atoms with Crippen LogP contribution < -0.4 is 5.56 Å². The Kier molecular flexibility index (Phi) is 7.42. The topological polar surface area (TPSA) is 79.7 Å². The summed E-state index contributed by atoms with van der Waals surface area (Å²) in [6.07, 6.45) is 0.736. The Hall–Kier alpha value is -4.17. The fourth-order valence-corrected chi connectivity index (χ4v) is 4.98. The quantitative estimate of drug-likeness (QED) is 0.284. The number of fused-ring (bicyclic) bond motifs is 1. The molecular weight excluding hydrogens is 479 g/mol. The van der Waals surface area contributed by atoms with Gasteiger partial charge in [-0.25, -0.2) is 9.07 Å². The Morgan fingerprint density at radius 1 is 0.947 bits per heavy atom. The maximum absolute atomic E-state index is 13.4. The van der Waals surface area contributed by atoms with Gasteiger partial charge < -0.3 is 4.98 Å². The van der Waals surface area contributed by atoms with Crippen molar-refractivity contribution in [2.75, 3.05) is 0 Å². The molecule has 5 aromatic rings. The average Bonchev–Trinajstić information content (AvgIpc) is 3.37. The van der Waals surface area contributed by atoms with E-state index in [1.807, 2.05) is 37.3 Å². The number of hydrogen-bond donors (Lipinski definition) is 1. The number of halogens is 1. The van der Waals surface area contributed by atoms with Gasteiger partial charge in [0.15, 0.2) is 5.82 Å². The predicted molar refractivity (Wildman–Crippen MR) is 146 cm³/mol. The Morgan fingerprint density at radius 2 is 1.68 bits per heavy atom. The first-order chi connectivity index (χ1) is 18.4. The van der Waals surface area contributed by atoms with Crippen LogP contribution in [-0.4, -0.2) is 30.1 Å². The number of aromatic nitrogens is 5. The van der Waals surface area contributed by atoms with Gasteiger partial charge in [-0.05, 0) is 71.1 Å². The van der Waals surface area contributed by atoms with E-state index in [4.69, 9.17) is 0 Å². The molecule has 0 aliphatic rings. The van der Waals surface area contributed by atoms with Crippen molar-refractivity contribution in [3.63, 3.8) is 0 Å². The molecule has 0 amide bonds. The van der Waals surface area contributed by atoms with Crippen LogP contribution in [0.5, 0.6) is 0 Å². The van der Waals surface area contributed by atoms with E-state index in [0.29, 0.717) is 31.0 Å². The monoisotopic (exact) mass is 510 g/mol. The Labute approximate surface area is 220 Å². The van der Waals surface area contributed by atoms with Crippen LogP contribution in [0.25, 0.3) is 10.9 Å². The summed E-state index contributed by atoms with van der Waals surface area (Å²) in [7, 11) is 0. The van der Waals surface area contributed by atoms with Gasteiger partial charge in [-0.15, -0.1) is 5.10 Å². The van der Waals surface area contributed by atoms with Gasteiger partial charge in [0.2, 0.25) is 0 Å². The minimum Gasteiger partial charge on any atom is -0.321 e. The molecule has 0 saturated carbocycles. The van der Waals surface area contributed by atoms with Crippen molar-refractivity contribution in [2.45, 2.75) is 52.9 Å². The highest BCUT2D eigenvalue weighted by Crippen LogP contribution is 2.27. The normalized spacial score (nSPS) is 12.3. The smallest absolute Gasteiger partial charge is 0.252 e. The molecule has 8 heteroatoms. The Balaban J connectivity index is 1.53. The summed E-state index contributed by atoms with van der Waals surface area (Å²) in [4.78, 5) is 18.6. The van der Waals surface area contributed by atoms with Gasteiger partial charge in [0.05, 0.1) is 18.1 Å². The van der Waals surface area contributed by atoms with Crippen molar-refractivity contribution < 1.29 is 4.39 Å². The SMILES string of the molecule is CC[C@H](c1nnnn1Cc1ccc(F)cc1)N(Cc1ccccc1)Cc1cc2c(C)ccc(C)c2[nH]c1=O. The molecular formula is C30H31FN6O. The second-order valence-corrected chi connectivity index (χ2v) is 9.75. The third-order valence-corrected chi connectivity index (χ3v) is 7.05. The molecule has 0 fully saturated rings. The number of aryl methyl sites for hydroxylation is 2. The molecule has 1 atom stereocenters. The highest BCUT2D eigenvalue weighted by atomic mass is 19.1. The molecule has 38 heavy (non-hydrogen) atoms. The minimum absolute atomic E-state index is 0.0926. The molecule has 194 valence electrons. The van der Waals surface area contributed by atoms with Gasteiger partial charge in [0.25, 0.3) is 5.56 Å². The maximum atomic E-state index is 13.4. The molecule has 2 aromatic heterocycles. The van der Waals surface area contributed by atoms with Gasteiger partial charge in [-0.3, -0.25) is 9.69 Å². The third kappa shape index (κ3) is 5.40. The van der Waals surface area contributed by atoms with E-state index in [1.54, 1.807) is 16.8 Å². The molecule has 0 aliphatic heterocycles. The van der Waals surface area contributed by atoms with Crippen LogP contribution in [-0.2, 0) is 19.6 Å². The lowest BCUT2D eigenvalue weighted by Crippen LogP contribution is -2.32. The molecule has 7 nitrogen and oxygen atoms in total. The van der Waals surface area contributed by atoms with Crippen LogP contribution in [0.3, 0.4) is 0 Å². The molecule has 1 N–H and O–H groups in total. The first-order valence-electron chi connectivity index (χ1n) is 12.8. The average molecular weight is 511 g/mol. The molecule has 3 aromatic carbocycles. The zero-order valence-corrected chi connectivity index (χ0v) is 21.9. The number of pyridine rings is 1. The predicted octanol–water partition coefficient (Wildman–Crippen LogP) is 5.47. The van der Waals surface area contributed by atoms with Crippen LogP contribution in [0, 0.1) is 19.7 Å². The molecule has 0 spiro atoms. The summed E-state index contributed by atoms with van der Waals surface area (Å²) < 4.78 is 15.2. The summed E-state index contributed by atoms with van der Waals surface area (Å²) in [6, 6.07) is 22.5. The van der Waals surface area contributed by atoms with Crippen molar-refractivity contribution in [3.8, 4) is 0 Å². The van der Waals surface area contributed by atoms with Gasteiger partial charge in [-0.2, -0.15) is 0 Å². The van der Waals surface area contributed by atoms with E-state index in [1.165, 1.54) is 12.1 Å². The summed E-state index contributed by atoms with van der Waals surface area (Å²) >= 11 is 0. The highest BCUT2D eigenvalue weighted by molar-refractivity contribution is 5.85. The third-order valence-electron chi connectivity index (χ3n) is 7.05. The van der Waals surface area contributed by atoms with E-state index < -0.39 is 0 Å². The number of aromatic amines is 1. The molecule has 0 saturated heterocycles. The molecule has 0 radical (unpaired) electrons. The molecule has 0 aliphatic carbocycles. The first kappa shape index (κ1) is 25.5. The number of hydrogen-bond acceptors (Lipinski definition) is 5. The lowest BCUT2D eigenvalue weighted by molar-refractivity contribution is 0.161.